The molecule has 1 N–H and O–H groups in total. The summed E-state index contributed by atoms with van der Waals surface area (Å²) in [7, 11) is -2.75. The molecule has 0 amide bonds. The summed E-state index contributed by atoms with van der Waals surface area (Å²) in [4.78, 5) is 11.8. The van der Waals surface area contributed by atoms with Gasteiger partial charge in [-0.2, -0.15) is 4.72 Å². The van der Waals surface area contributed by atoms with Crippen molar-refractivity contribution in [3.05, 3.63) is 100 Å². The summed E-state index contributed by atoms with van der Waals surface area (Å²) in [6.45, 7) is 1.97. The van der Waals surface area contributed by atoms with Gasteiger partial charge in [-0.05, 0) is 36.2 Å². The van der Waals surface area contributed by atoms with Crippen molar-refractivity contribution in [2.75, 3.05) is 7.11 Å². The fraction of sp³-hybridized carbons (Fsp3) is 0.136. The van der Waals surface area contributed by atoms with E-state index in [4.69, 9.17) is 11.6 Å². The minimum atomic E-state index is -3.96. The summed E-state index contributed by atoms with van der Waals surface area (Å²) in [5, 5.41) is 0.119. The maximum atomic E-state index is 13.1. The second kappa shape index (κ2) is 8.78. The molecule has 0 aliphatic carbocycles. The predicted molar refractivity (Wildman–Crippen MR) is 113 cm³/mol. The highest BCUT2D eigenvalue weighted by Gasteiger charge is 2.24. The molecule has 0 saturated heterocycles. The SMILES string of the molecule is COC(=O)c1cc(S(=O)(=O)N[C@H](c2ccccc2)c2ccc(C)cc2)ccc1Cl. The number of benzene rings is 3. The quantitative estimate of drug-likeness (QED) is 0.585. The monoisotopic (exact) mass is 429 g/mol. The number of methoxy groups -OCH3 is 1. The second-order valence-electron chi connectivity index (χ2n) is 6.51. The van der Waals surface area contributed by atoms with Crippen molar-refractivity contribution < 1.29 is 17.9 Å². The zero-order valence-electron chi connectivity index (χ0n) is 15.9. The summed E-state index contributed by atoms with van der Waals surface area (Å²) in [6.07, 6.45) is 0. The van der Waals surface area contributed by atoms with Crippen LogP contribution in [0.25, 0.3) is 0 Å². The van der Waals surface area contributed by atoms with E-state index in [2.05, 4.69) is 9.46 Å². The molecule has 3 aromatic carbocycles. The number of aryl methyl sites for hydroxylation is 1. The lowest BCUT2D eigenvalue weighted by atomic mass is 9.99. The predicted octanol–water partition coefficient (Wildman–Crippen LogP) is 4.50. The average Bonchev–Trinajstić information content (AvgIpc) is 2.73. The van der Waals surface area contributed by atoms with Gasteiger partial charge in [0.2, 0.25) is 10.0 Å². The van der Waals surface area contributed by atoms with Gasteiger partial charge in [0.05, 0.1) is 28.6 Å². The largest absolute Gasteiger partial charge is 0.465 e. The Morgan fingerprint density at radius 1 is 0.966 bits per heavy atom. The first-order valence-electron chi connectivity index (χ1n) is 8.83. The van der Waals surface area contributed by atoms with Crippen LogP contribution in [0.3, 0.4) is 0 Å². The van der Waals surface area contributed by atoms with E-state index in [0.29, 0.717) is 0 Å². The van der Waals surface area contributed by atoms with E-state index < -0.39 is 22.0 Å². The number of carbonyl (C=O) groups excluding carboxylic acids is 1. The molecular formula is C22H20ClNO4S. The zero-order chi connectivity index (χ0) is 21.0. The molecule has 0 unspecified atom stereocenters. The van der Waals surface area contributed by atoms with Gasteiger partial charge in [-0.15, -0.1) is 0 Å². The molecule has 3 rings (SSSR count). The molecule has 150 valence electrons. The number of hydrogen-bond acceptors (Lipinski definition) is 4. The molecule has 0 radical (unpaired) electrons. The Labute approximate surface area is 175 Å². The molecule has 1 atom stereocenters. The van der Waals surface area contributed by atoms with Crippen LogP contribution in [-0.4, -0.2) is 21.5 Å². The van der Waals surface area contributed by atoms with Crippen molar-refractivity contribution in [2.45, 2.75) is 17.9 Å². The fourth-order valence-electron chi connectivity index (χ4n) is 2.89. The minimum absolute atomic E-state index is 0.0105. The molecule has 3 aromatic rings. The van der Waals surface area contributed by atoms with Gasteiger partial charge in [0.25, 0.3) is 0 Å². The van der Waals surface area contributed by atoms with Gasteiger partial charge >= 0.3 is 5.97 Å². The molecule has 29 heavy (non-hydrogen) atoms. The van der Waals surface area contributed by atoms with E-state index in [1.807, 2.05) is 61.5 Å². The Kier molecular flexibility index (Phi) is 6.37. The number of halogens is 1. The number of nitrogens with one attached hydrogen (secondary N) is 1. The van der Waals surface area contributed by atoms with E-state index in [0.717, 1.165) is 16.7 Å². The van der Waals surface area contributed by atoms with Crippen LogP contribution < -0.4 is 4.72 Å². The molecular weight excluding hydrogens is 410 g/mol. The fourth-order valence-corrected chi connectivity index (χ4v) is 4.33. The maximum Gasteiger partial charge on any atom is 0.339 e. The van der Waals surface area contributed by atoms with Crippen LogP contribution in [0.4, 0.5) is 0 Å². The Hall–Kier alpha value is -2.67. The molecule has 5 nitrogen and oxygen atoms in total. The topological polar surface area (TPSA) is 72.5 Å². The number of rotatable bonds is 6. The summed E-state index contributed by atoms with van der Waals surface area (Å²) in [5.74, 6) is -0.704. The Bertz CT molecular complexity index is 1110. The standard InChI is InChI=1S/C22H20ClNO4S/c1-15-8-10-17(11-9-15)21(16-6-4-3-5-7-16)24-29(26,27)18-12-13-20(23)19(14-18)22(25)28-2/h3-14,21,24H,1-2H3/t21-/m1/s1. The van der Waals surface area contributed by atoms with Crippen LogP contribution in [-0.2, 0) is 14.8 Å². The first-order valence-corrected chi connectivity index (χ1v) is 10.7. The van der Waals surface area contributed by atoms with Gasteiger partial charge in [0, 0.05) is 0 Å². The highest BCUT2D eigenvalue weighted by Crippen LogP contribution is 2.27. The Morgan fingerprint density at radius 3 is 2.21 bits per heavy atom. The van der Waals surface area contributed by atoms with E-state index in [-0.39, 0.29) is 15.5 Å². The highest BCUT2D eigenvalue weighted by atomic mass is 35.5. The molecule has 0 spiro atoms. The molecule has 0 aromatic heterocycles. The van der Waals surface area contributed by atoms with Crippen molar-refractivity contribution in [2.24, 2.45) is 0 Å². The van der Waals surface area contributed by atoms with Crippen molar-refractivity contribution in [3.8, 4) is 0 Å². The third kappa shape index (κ3) is 4.85. The number of sulfonamides is 1. The minimum Gasteiger partial charge on any atom is -0.465 e. The molecule has 7 heteroatoms. The number of hydrogen-bond donors (Lipinski definition) is 1. The van der Waals surface area contributed by atoms with Crippen LogP contribution in [0.15, 0.2) is 77.7 Å². The number of esters is 1. The highest BCUT2D eigenvalue weighted by molar-refractivity contribution is 7.89. The third-order valence-corrected chi connectivity index (χ3v) is 6.22. The zero-order valence-corrected chi connectivity index (χ0v) is 17.5. The van der Waals surface area contributed by atoms with Crippen LogP contribution in [0.5, 0.6) is 0 Å². The Morgan fingerprint density at radius 2 is 1.59 bits per heavy atom. The molecule has 0 heterocycles. The molecule has 0 bridgehead atoms. The normalized spacial score (nSPS) is 12.4. The third-order valence-electron chi connectivity index (χ3n) is 4.47. The summed E-state index contributed by atoms with van der Waals surface area (Å²) in [5.41, 5.74) is 2.65. The van der Waals surface area contributed by atoms with Crippen molar-refractivity contribution in [3.63, 3.8) is 0 Å². The molecule has 0 saturated carbocycles. The van der Waals surface area contributed by atoms with Gasteiger partial charge in [0.1, 0.15) is 0 Å². The van der Waals surface area contributed by atoms with Gasteiger partial charge in [-0.1, -0.05) is 71.8 Å². The van der Waals surface area contributed by atoms with Gasteiger partial charge in [-0.25, -0.2) is 13.2 Å². The lowest BCUT2D eigenvalue weighted by molar-refractivity contribution is 0.0600. The summed E-state index contributed by atoms with van der Waals surface area (Å²) >= 11 is 6.02. The van der Waals surface area contributed by atoms with Gasteiger partial charge in [-0.3, -0.25) is 0 Å². The lowest BCUT2D eigenvalue weighted by Gasteiger charge is -2.20. The number of carbonyl (C=O) groups is 1. The molecule has 0 aliphatic rings. The van der Waals surface area contributed by atoms with E-state index in [1.54, 1.807) is 0 Å². The van der Waals surface area contributed by atoms with Crippen molar-refractivity contribution in [1.29, 1.82) is 0 Å². The second-order valence-corrected chi connectivity index (χ2v) is 8.63. The van der Waals surface area contributed by atoms with Crippen LogP contribution in [0, 0.1) is 6.92 Å². The van der Waals surface area contributed by atoms with Crippen molar-refractivity contribution in [1.82, 2.24) is 4.72 Å². The molecule has 0 fully saturated rings. The molecule has 0 aliphatic heterocycles. The van der Waals surface area contributed by atoms with E-state index in [9.17, 15) is 13.2 Å². The van der Waals surface area contributed by atoms with E-state index >= 15 is 0 Å². The Balaban J connectivity index is 2.03. The van der Waals surface area contributed by atoms with Gasteiger partial charge in [0.15, 0.2) is 0 Å². The first kappa shape index (κ1) is 21.0. The smallest absolute Gasteiger partial charge is 0.339 e. The van der Waals surface area contributed by atoms with Crippen molar-refractivity contribution >= 4 is 27.6 Å². The lowest BCUT2D eigenvalue weighted by Crippen LogP contribution is -2.29. The number of ether oxygens (including phenoxy) is 1. The van der Waals surface area contributed by atoms with Crippen LogP contribution >= 0.6 is 11.6 Å². The summed E-state index contributed by atoms with van der Waals surface area (Å²) in [6, 6.07) is 20.2. The van der Waals surface area contributed by atoms with Gasteiger partial charge < -0.3 is 4.74 Å². The summed E-state index contributed by atoms with van der Waals surface area (Å²) < 4.78 is 33.7. The maximum absolute atomic E-state index is 13.1. The van der Waals surface area contributed by atoms with E-state index in [1.165, 1.54) is 25.3 Å². The average molecular weight is 430 g/mol. The van der Waals surface area contributed by atoms with Crippen LogP contribution in [0.2, 0.25) is 5.02 Å². The first-order chi connectivity index (χ1) is 13.8. The van der Waals surface area contributed by atoms with Crippen LogP contribution in [0.1, 0.15) is 33.1 Å².